The van der Waals surface area contributed by atoms with Crippen LogP contribution in [-0.4, -0.2) is 20.3 Å². The van der Waals surface area contributed by atoms with Gasteiger partial charge in [-0.3, -0.25) is 14.3 Å². The topological polar surface area (TPSA) is 82.1 Å². The zero-order valence-electron chi connectivity index (χ0n) is 11.7. The first-order valence-electron chi connectivity index (χ1n) is 6.38. The Morgan fingerprint density at radius 3 is 2.95 bits per heavy atom. The van der Waals surface area contributed by atoms with Gasteiger partial charge in [-0.2, -0.15) is 5.10 Å². The van der Waals surface area contributed by atoms with Crippen molar-refractivity contribution in [1.29, 1.82) is 0 Å². The molecule has 0 bridgehead atoms. The Balaban J connectivity index is 1.95. The maximum absolute atomic E-state index is 12.4. The minimum absolute atomic E-state index is 0.0986. The molecular weight excluding hydrogens is 272 g/mol. The second-order valence-electron chi connectivity index (χ2n) is 4.80. The number of hydrogen-bond acceptors (Lipinski definition) is 4. The second-order valence-corrected chi connectivity index (χ2v) is 4.80. The Kier molecular flexibility index (Phi) is 3.09. The molecule has 21 heavy (non-hydrogen) atoms. The number of hydrogen-bond donors (Lipinski definition) is 1. The number of amides is 1. The number of furan rings is 1. The molecule has 3 rings (SSSR count). The highest BCUT2D eigenvalue weighted by atomic mass is 16.3. The average molecular weight is 286 g/mol. The van der Waals surface area contributed by atoms with Crippen LogP contribution in [0.4, 0.5) is 0 Å². The highest BCUT2D eigenvalue weighted by Crippen LogP contribution is 2.09. The fraction of sp³-hybridized carbons (Fsp3) is 0.214. The molecule has 7 heteroatoms. The number of aromatic nitrogens is 3. The standard InChI is InChI=1S/C14H14N4O3/c1-17-7-11(12(19)10-6-16-18(2)14(10)17)13(20)15-5-9-3-4-21-8-9/h3-4,6-8H,5H2,1-2H3,(H,15,20). The predicted molar refractivity (Wildman–Crippen MR) is 75.8 cm³/mol. The molecule has 1 N–H and O–H groups in total. The van der Waals surface area contributed by atoms with Crippen molar-refractivity contribution in [2.45, 2.75) is 6.54 Å². The molecule has 0 atom stereocenters. The second kappa shape index (κ2) is 4.93. The van der Waals surface area contributed by atoms with Crippen LogP contribution in [0.25, 0.3) is 11.0 Å². The van der Waals surface area contributed by atoms with E-state index in [1.165, 1.54) is 18.7 Å². The van der Waals surface area contributed by atoms with E-state index >= 15 is 0 Å². The van der Waals surface area contributed by atoms with Crippen molar-refractivity contribution in [2.75, 3.05) is 0 Å². The van der Waals surface area contributed by atoms with Gasteiger partial charge in [-0.05, 0) is 6.07 Å². The summed E-state index contributed by atoms with van der Waals surface area (Å²) in [6, 6.07) is 1.75. The summed E-state index contributed by atoms with van der Waals surface area (Å²) < 4.78 is 8.25. The number of aryl methyl sites for hydroxylation is 2. The SMILES string of the molecule is Cn1cc(C(=O)NCc2ccoc2)c(=O)c2cnn(C)c21. The van der Waals surface area contributed by atoms with Crippen LogP contribution >= 0.6 is 0 Å². The summed E-state index contributed by atoms with van der Waals surface area (Å²) in [5, 5.41) is 7.18. The van der Waals surface area contributed by atoms with Crippen LogP contribution in [0.2, 0.25) is 0 Å². The van der Waals surface area contributed by atoms with Crippen molar-refractivity contribution in [1.82, 2.24) is 19.7 Å². The Labute approximate surface area is 119 Å². The Morgan fingerprint density at radius 2 is 2.24 bits per heavy atom. The van der Waals surface area contributed by atoms with Crippen LogP contribution in [0.1, 0.15) is 15.9 Å². The zero-order chi connectivity index (χ0) is 15.0. The van der Waals surface area contributed by atoms with E-state index in [0.29, 0.717) is 17.6 Å². The minimum atomic E-state index is -0.414. The lowest BCUT2D eigenvalue weighted by atomic mass is 10.2. The fourth-order valence-corrected chi connectivity index (χ4v) is 2.30. The summed E-state index contributed by atoms with van der Waals surface area (Å²) in [4.78, 5) is 24.5. The fourth-order valence-electron chi connectivity index (χ4n) is 2.30. The molecule has 7 nitrogen and oxygen atoms in total. The molecule has 3 aromatic rings. The number of carbonyl (C=O) groups is 1. The number of fused-ring (bicyclic) bond motifs is 1. The third-order valence-corrected chi connectivity index (χ3v) is 3.33. The van der Waals surface area contributed by atoms with Gasteiger partial charge >= 0.3 is 0 Å². The summed E-state index contributed by atoms with van der Waals surface area (Å²) in [7, 11) is 3.52. The zero-order valence-corrected chi connectivity index (χ0v) is 11.7. The van der Waals surface area contributed by atoms with Gasteiger partial charge in [-0.15, -0.1) is 0 Å². The summed E-state index contributed by atoms with van der Waals surface area (Å²) in [6.07, 6.45) is 6.08. The molecule has 0 aliphatic rings. The van der Waals surface area contributed by atoms with Crippen molar-refractivity contribution in [2.24, 2.45) is 14.1 Å². The number of carbonyl (C=O) groups excluding carboxylic acids is 1. The summed E-state index contributed by atoms with van der Waals surface area (Å²) >= 11 is 0. The quantitative estimate of drug-likeness (QED) is 0.772. The summed E-state index contributed by atoms with van der Waals surface area (Å²) in [5.41, 5.74) is 1.29. The van der Waals surface area contributed by atoms with Crippen molar-refractivity contribution >= 4 is 16.9 Å². The molecule has 0 saturated carbocycles. The highest BCUT2D eigenvalue weighted by Gasteiger charge is 2.16. The van der Waals surface area contributed by atoms with Crippen LogP contribution in [0, 0.1) is 0 Å². The predicted octanol–water partition coefficient (Wildman–Crippen LogP) is 0.795. The number of rotatable bonds is 3. The van der Waals surface area contributed by atoms with E-state index in [2.05, 4.69) is 10.4 Å². The van der Waals surface area contributed by atoms with E-state index in [9.17, 15) is 9.59 Å². The molecule has 1 amide bonds. The van der Waals surface area contributed by atoms with E-state index < -0.39 is 5.91 Å². The van der Waals surface area contributed by atoms with E-state index in [-0.39, 0.29) is 11.0 Å². The smallest absolute Gasteiger partial charge is 0.257 e. The number of nitrogens with zero attached hydrogens (tertiary/aromatic N) is 3. The normalized spacial score (nSPS) is 11.0. The molecule has 0 aliphatic carbocycles. The molecule has 0 spiro atoms. The molecule has 0 fully saturated rings. The number of pyridine rings is 1. The minimum Gasteiger partial charge on any atom is -0.472 e. The lowest BCUT2D eigenvalue weighted by molar-refractivity contribution is 0.0949. The first-order valence-corrected chi connectivity index (χ1v) is 6.38. The van der Waals surface area contributed by atoms with E-state index in [4.69, 9.17) is 4.42 Å². The van der Waals surface area contributed by atoms with E-state index in [1.54, 1.807) is 35.7 Å². The van der Waals surface area contributed by atoms with Gasteiger partial charge in [0.05, 0.1) is 24.1 Å². The first kappa shape index (κ1) is 13.2. The van der Waals surface area contributed by atoms with Gasteiger partial charge in [0.25, 0.3) is 5.91 Å². The van der Waals surface area contributed by atoms with Crippen molar-refractivity contribution in [3.05, 3.63) is 52.3 Å². The molecule has 0 saturated heterocycles. The highest BCUT2D eigenvalue weighted by molar-refractivity contribution is 5.96. The van der Waals surface area contributed by atoms with Crippen LogP contribution in [0.15, 0.2) is 40.2 Å². The van der Waals surface area contributed by atoms with Gasteiger partial charge in [-0.1, -0.05) is 0 Å². The third-order valence-electron chi connectivity index (χ3n) is 3.33. The summed E-state index contributed by atoms with van der Waals surface area (Å²) in [6.45, 7) is 0.309. The Bertz CT molecular complexity index is 858. The first-order chi connectivity index (χ1) is 10.1. The van der Waals surface area contributed by atoms with E-state index in [0.717, 1.165) is 5.56 Å². The van der Waals surface area contributed by atoms with Gasteiger partial charge in [0, 0.05) is 32.4 Å². The molecule has 0 aromatic carbocycles. The average Bonchev–Trinajstić information content (AvgIpc) is 3.10. The van der Waals surface area contributed by atoms with Crippen molar-refractivity contribution < 1.29 is 9.21 Å². The van der Waals surface area contributed by atoms with E-state index in [1.807, 2.05) is 0 Å². The Hall–Kier alpha value is -2.83. The van der Waals surface area contributed by atoms with Crippen LogP contribution in [0.3, 0.4) is 0 Å². The van der Waals surface area contributed by atoms with Crippen LogP contribution < -0.4 is 10.7 Å². The van der Waals surface area contributed by atoms with Crippen LogP contribution in [-0.2, 0) is 20.6 Å². The molecule has 108 valence electrons. The number of nitrogens with one attached hydrogen (secondary N) is 1. The lowest BCUT2D eigenvalue weighted by Crippen LogP contribution is -2.29. The molecule has 0 aliphatic heterocycles. The largest absolute Gasteiger partial charge is 0.472 e. The van der Waals surface area contributed by atoms with Crippen molar-refractivity contribution in [3.8, 4) is 0 Å². The molecule has 0 radical (unpaired) electrons. The molecule has 3 aromatic heterocycles. The van der Waals surface area contributed by atoms with Gasteiger partial charge in [0.2, 0.25) is 5.43 Å². The monoisotopic (exact) mass is 286 g/mol. The maximum Gasteiger partial charge on any atom is 0.257 e. The summed E-state index contributed by atoms with van der Waals surface area (Å²) in [5.74, 6) is -0.414. The molecule has 3 heterocycles. The van der Waals surface area contributed by atoms with Gasteiger partial charge in [-0.25, -0.2) is 0 Å². The van der Waals surface area contributed by atoms with Gasteiger partial charge < -0.3 is 14.3 Å². The third kappa shape index (κ3) is 2.22. The van der Waals surface area contributed by atoms with Crippen molar-refractivity contribution in [3.63, 3.8) is 0 Å². The molecular formula is C14H14N4O3. The Morgan fingerprint density at radius 1 is 1.43 bits per heavy atom. The lowest BCUT2D eigenvalue weighted by Gasteiger charge is -2.07. The van der Waals surface area contributed by atoms with Crippen LogP contribution in [0.5, 0.6) is 0 Å². The van der Waals surface area contributed by atoms with Gasteiger partial charge in [0.1, 0.15) is 11.2 Å². The molecule has 0 unspecified atom stereocenters. The van der Waals surface area contributed by atoms with Gasteiger partial charge in [0.15, 0.2) is 0 Å². The maximum atomic E-state index is 12.4.